The van der Waals surface area contributed by atoms with Gasteiger partial charge in [0.25, 0.3) is 5.91 Å². The van der Waals surface area contributed by atoms with Crippen LogP contribution in [0.25, 0.3) is 5.69 Å². The Balaban J connectivity index is 1.49. The van der Waals surface area contributed by atoms with Gasteiger partial charge < -0.3 is 14.8 Å². The molecule has 0 spiro atoms. The number of rotatable bonds is 6. The van der Waals surface area contributed by atoms with Crippen molar-refractivity contribution in [1.29, 1.82) is 0 Å². The summed E-state index contributed by atoms with van der Waals surface area (Å²) in [5.41, 5.74) is 0.894. The van der Waals surface area contributed by atoms with Crippen molar-refractivity contribution in [1.82, 2.24) is 25.5 Å². The molecule has 0 saturated carbocycles. The molecule has 0 bridgehead atoms. The number of urea groups is 1. The Kier molecular flexibility index (Phi) is 5.91. The predicted molar refractivity (Wildman–Crippen MR) is 97.5 cm³/mol. The molecule has 11 nitrogen and oxygen atoms in total. The van der Waals surface area contributed by atoms with Crippen molar-refractivity contribution in [2.45, 2.75) is 0 Å². The summed E-state index contributed by atoms with van der Waals surface area (Å²) in [5, 5.41) is 16.9. The fourth-order valence-electron chi connectivity index (χ4n) is 2.10. The first-order valence-corrected chi connectivity index (χ1v) is 8.67. The average molecular weight is 402 g/mol. The number of carbonyl (C=O) groups is 3. The summed E-state index contributed by atoms with van der Waals surface area (Å²) in [6, 6.07) is 7.42. The maximum Gasteiger partial charge on any atom is 0.351 e. The van der Waals surface area contributed by atoms with Crippen molar-refractivity contribution < 1.29 is 23.9 Å². The zero-order chi connectivity index (χ0) is 19.9. The van der Waals surface area contributed by atoms with Gasteiger partial charge in [-0.2, -0.15) is 4.68 Å². The van der Waals surface area contributed by atoms with Crippen LogP contribution < -0.4 is 15.4 Å². The fourth-order valence-corrected chi connectivity index (χ4v) is 2.87. The van der Waals surface area contributed by atoms with Gasteiger partial charge in [0.15, 0.2) is 6.61 Å². The standard InChI is InChI=1S/C16H14N6O5S/c1-26-11-4-2-10(3-5-11)18-16(25)19-13(23)8-27-15(24)14-12(6-7-28-14)22-9-17-20-21-22/h2-7,9H,8H2,1H3,(H2,18,19,23,25). The lowest BCUT2D eigenvalue weighted by molar-refractivity contribution is -0.123. The van der Waals surface area contributed by atoms with Crippen LogP contribution >= 0.6 is 11.3 Å². The van der Waals surface area contributed by atoms with Gasteiger partial charge in [-0.3, -0.25) is 10.1 Å². The summed E-state index contributed by atoms with van der Waals surface area (Å²) < 4.78 is 11.3. The normalized spacial score (nSPS) is 10.2. The molecule has 0 atom stereocenters. The van der Waals surface area contributed by atoms with Crippen molar-refractivity contribution in [3.8, 4) is 11.4 Å². The highest BCUT2D eigenvalue weighted by Gasteiger charge is 2.19. The summed E-state index contributed by atoms with van der Waals surface area (Å²) in [5.74, 6) is -0.880. The molecule has 1 aromatic carbocycles. The van der Waals surface area contributed by atoms with E-state index < -0.39 is 24.5 Å². The predicted octanol–water partition coefficient (Wildman–Crippen LogP) is 1.24. The van der Waals surface area contributed by atoms with E-state index in [2.05, 4.69) is 26.2 Å². The van der Waals surface area contributed by atoms with Crippen molar-refractivity contribution in [3.05, 3.63) is 46.9 Å². The van der Waals surface area contributed by atoms with Crippen LogP contribution in [0.15, 0.2) is 42.0 Å². The second kappa shape index (κ2) is 8.73. The smallest absolute Gasteiger partial charge is 0.351 e. The van der Waals surface area contributed by atoms with Crippen LogP contribution in [0.2, 0.25) is 0 Å². The van der Waals surface area contributed by atoms with Crippen LogP contribution in [0.5, 0.6) is 5.75 Å². The van der Waals surface area contributed by atoms with Crippen molar-refractivity contribution in [2.75, 3.05) is 19.0 Å². The maximum absolute atomic E-state index is 12.2. The summed E-state index contributed by atoms with van der Waals surface area (Å²) in [7, 11) is 1.52. The molecule has 3 aromatic rings. The Labute approximate surface area is 162 Å². The molecule has 2 aromatic heterocycles. The largest absolute Gasteiger partial charge is 0.497 e. The minimum absolute atomic E-state index is 0.225. The van der Waals surface area contributed by atoms with Crippen LogP contribution in [-0.4, -0.2) is 51.8 Å². The summed E-state index contributed by atoms with van der Waals surface area (Å²) in [6.07, 6.45) is 1.33. The Bertz CT molecular complexity index is 970. The Morgan fingerprint density at radius 1 is 1.18 bits per heavy atom. The number of methoxy groups -OCH3 is 1. The number of nitrogens with zero attached hydrogens (tertiary/aromatic N) is 4. The number of hydrogen-bond acceptors (Lipinski definition) is 9. The first kappa shape index (κ1) is 19.0. The Morgan fingerprint density at radius 2 is 1.96 bits per heavy atom. The number of imide groups is 1. The number of nitrogens with one attached hydrogen (secondary N) is 2. The summed E-state index contributed by atoms with van der Waals surface area (Å²) >= 11 is 1.11. The highest BCUT2D eigenvalue weighted by atomic mass is 32.1. The minimum atomic E-state index is -0.778. The molecular weight excluding hydrogens is 388 g/mol. The van der Waals surface area contributed by atoms with E-state index in [9.17, 15) is 14.4 Å². The lowest BCUT2D eigenvalue weighted by atomic mass is 10.3. The zero-order valence-electron chi connectivity index (χ0n) is 14.5. The second-order valence-electron chi connectivity index (χ2n) is 5.20. The average Bonchev–Trinajstić information content (AvgIpc) is 3.37. The number of amides is 3. The first-order valence-electron chi connectivity index (χ1n) is 7.79. The molecule has 12 heteroatoms. The van der Waals surface area contributed by atoms with Gasteiger partial charge in [-0.25, -0.2) is 9.59 Å². The number of anilines is 1. The number of esters is 1. The number of aromatic nitrogens is 4. The maximum atomic E-state index is 12.2. The highest BCUT2D eigenvalue weighted by molar-refractivity contribution is 7.12. The molecule has 3 rings (SSSR count). The molecule has 0 unspecified atom stereocenters. The van der Waals surface area contributed by atoms with Crippen molar-refractivity contribution in [2.24, 2.45) is 0 Å². The monoisotopic (exact) mass is 402 g/mol. The lowest BCUT2D eigenvalue weighted by Crippen LogP contribution is -2.37. The van der Waals surface area contributed by atoms with E-state index in [1.165, 1.54) is 18.1 Å². The van der Waals surface area contributed by atoms with Gasteiger partial charge in [0, 0.05) is 5.69 Å². The third-order valence-electron chi connectivity index (χ3n) is 3.36. The molecule has 2 heterocycles. The van der Waals surface area contributed by atoms with Crippen LogP contribution in [-0.2, 0) is 9.53 Å². The van der Waals surface area contributed by atoms with E-state index in [0.717, 1.165) is 11.3 Å². The lowest BCUT2D eigenvalue weighted by Gasteiger charge is -2.08. The van der Waals surface area contributed by atoms with Gasteiger partial charge in [0.2, 0.25) is 0 Å². The summed E-state index contributed by atoms with van der Waals surface area (Å²) in [4.78, 5) is 36.1. The number of thiophene rings is 1. The van der Waals surface area contributed by atoms with E-state index >= 15 is 0 Å². The van der Waals surface area contributed by atoms with Crippen molar-refractivity contribution in [3.63, 3.8) is 0 Å². The zero-order valence-corrected chi connectivity index (χ0v) is 15.3. The first-order chi connectivity index (χ1) is 13.6. The topological polar surface area (TPSA) is 137 Å². The molecular formula is C16H14N6O5S. The number of tetrazole rings is 1. The van der Waals surface area contributed by atoms with E-state index in [1.54, 1.807) is 35.7 Å². The van der Waals surface area contributed by atoms with Gasteiger partial charge in [0.05, 0.1) is 12.8 Å². The van der Waals surface area contributed by atoms with Crippen molar-refractivity contribution >= 4 is 34.9 Å². The van der Waals surface area contributed by atoms with Gasteiger partial charge in [-0.15, -0.1) is 16.4 Å². The van der Waals surface area contributed by atoms with Gasteiger partial charge >= 0.3 is 12.0 Å². The number of carbonyl (C=O) groups excluding carboxylic acids is 3. The number of hydrogen-bond donors (Lipinski definition) is 2. The molecule has 0 fully saturated rings. The van der Waals surface area contributed by atoms with Gasteiger partial charge in [0.1, 0.15) is 17.0 Å². The third kappa shape index (κ3) is 4.67. The molecule has 28 heavy (non-hydrogen) atoms. The number of ether oxygens (including phenoxy) is 2. The van der Waals surface area contributed by atoms with E-state index in [1.807, 2.05) is 0 Å². The van der Waals surface area contributed by atoms with Gasteiger partial charge in [-0.05, 0) is 46.1 Å². The second-order valence-corrected chi connectivity index (χ2v) is 6.11. The van der Waals surface area contributed by atoms with Gasteiger partial charge in [-0.1, -0.05) is 0 Å². The third-order valence-corrected chi connectivity index (χ3v) is 4.24. The fraction of sp³-hybridized carbons (Fsp3) is 0.125. The Hall–Kier alpha value is -3.80. The van der Waals surface area contributed by atoms with Crippen LogP contribution in [0, 0.1) is 0 Å². The molecule has 0 saturated heterocycles. The number of benzene rings is 1. The highest BCUT2D eigenvalue weighted by Crippen LogP contribution is 2.21. The molecule has 2 N–H and O–H groups in total. The van der Waals surface area contributed by atoms with Crippen LogP contribution in [0.3, 0.4) is 0 Å². The molecule has 144 valence electrons. The summed E-state index contributed by atoms with van der Waals surface area (Å²) in [6.45, 7) is -0.623. The van der Waals surface area contributed by atoms with E-state index in [0.29, 0.717) is 17.1 Å². The molecule has 3 amide bonds. The molecule has 0 aliphatic carbocycles. The van der Waals surface area contributed by atoms with E-state index in [-0.39, 0.29) is 4.88 Å². The molecule has 0 aliphatic rings. The minimum Gasteiger partial charge on any atom is -0.497 e. The quantitative estimate of drug-likeness (QED) is 0.588. The SMILES string of the molecule is COc1ccc(NC(=O)NC(=O)COC(=O)c2sccc2-n2cnnn2)cc1. The Morgan fingerprint density at radius 3 is 2.64 bits per heavy atom. The van der Waals surface area contributed by atoms with Crippen LogP contribution in [0.1, 0.15) is 9.67 Å². The van der Waals surface area contributed by atoms with Crippen LogP contribution in [0.4, 0.5) is 10.5 Å². The molecule has 0 radical (unpaired) electrons. The molecule has 0 aliphatic heterocycles. The van der Waals surface area contributed by atoms with E-state index in [4.69, 9.17) is 9.47 Å².